The predicted octanol–water partition coefficient (Wildman–Crippen LogP) is -9.37. The van der Waals surface area contributed by atoms with Crippen molar-refractivity contribution in [1.29, 1.82) is 0 Å². The van der Waals surface area contributed by atoms with Gasteiger partial charge in [0.2, 0.25) is 0 Å². The van der Waals surface area contributed by atoms with Crippen molar-refractivity contribution in [1.82, 2.24) is 0 Å². The average Bonchev–Trinajstić information content (AvgIpc) is 0. The van der Waals surface area contributed by atoms with Crippen molar-refractivity contribution < 1.29 is 50.9 Å². The second kappa shape index (κ2) is 18.3. The maximum absolute atomic E-state index is 0. The van der Waals surface area contributed by atoms with Crippen LogP contribution < -0.4 is 50.9 Å². The second-order valence-corrected chi connectivity index (χ2v) is 0. The van der Waals surface area contributed by atoms with Gasteiger partial charge in [0, 0.05) is 0 Å². The first kappa shape index (κ1) is 32.8. The maximum Gasteiger partial charge on any atom is 3.00 e. The summed E-state index contributed by atoms with van der Waals surface area (Å²) in [6, 6.07) is 0. The molecule has 0 nitrogen and oxygen atoms in total. The summed E-state index contributed by atoms with van der Waals surface area (Å²) in [4.78, 5) is 0. The van der Waals surface area contributed by atoms with E-state index >= 15 is 0 Å². The monoisotopic (exact) mass is 442 g/mol. The Morgan fingerprint density at radius 1 is 0.500 bits per heavy atom. The van der Waals surface area contributed by atoms with Crippen LogP contribution in [0.1, 0.15) is 0 Å². The summed E-state index contributed by atoms with van der Waals surface area (Å²) in [6.45, 7) is 0. The van der Waals surface area contributed by atoms with E-state index in [0.29, 0.717) is 0 Å². The molecule has 0 aromatic carbocycles. The molecule has 0 radical (unpaired) electrons. The van der Waals surface area contributed by atoms with E-state index in [-0.39, 0.29) is 78.2 Å². The molecule has 0 bridgehead atoms. The maximum atomic E-state index is 0. The first-order valence-electron chi connectivity index (χ1n) is 0. The summed E-state index contributed by atoms with van der Waals surface area (Å²) >= 11 is 0. The van der Waals surface area contributed by atoms with Gasteiger partial charge in [-0.25, -0.2) is 0 Å². The summed E-state index contributed by atoms with van der Waals surface area (Å²) in [7, 11) is 0. The van der Waals surface area contributed by atoms with Crippen LogP contribution in [0.5, 0.6) is 0 Å². The van der Waals surface area contributed by atoms with Crippen LogP contribution in [-0.2, 0) is 0 Å². The molecule has 24 valence electrons. The normalized spacial score (nSPS) is 0. The SMILES string of the molecule is [Br-].[Br-].[Br-].[Tl+3]. The van der Waals surface area contributed by atoms with Gasteiger partial charge < -0.3 is 50.9 Å². The molecule has 0 saturated carbocycles. The largest absolute Gasteiger partial charge is 3.00 e. The van der Waals surface area contributed by atoms with E-state index in [9.17, 15) is 0 Å². The van der Waals surface area contributed by atoms with Gasteiger partial charge in [-0.2, -0.15) is 0 Å². The molecule has 0 amide bonds. The Labute approximate surface area is 77.2 Å². The zero-order chi connectivity index (χ0) is 0. The van der Waals surface area contributed by atoms with E-state index in [2.05, 4.69) is 0 Å². The molecule has 0 aliphatic carbocycles. The third-order valence-electron chi connectivity index (χ3n) is 0. The second-order valence-electron chi connectivity index (χ2n) is 0. The van der Waals surface area contributed by atoms with Gasteiger partial charge >= 0.3 is 27.3 Å². The van der Waals surface area contributed by atoms with Gasteiger partial charge in [-0.15, -0.1) is 0 Å². The topological polar surface area (TPSA) is 0 Å². The van der Waals surface area contributed by atoms with Crippen molar-refractivity contribution in [3.63, 3.8) is 0 Å². The van der Waals surface area contributed by atoms with Crippen LogP contribution >= 0.6 is 0 Å². The summed E-state index contributed by atoms with van der Waals surface area (Å²) in [5, 5.41) is 0. The van der Waals surface area contributed by atoms with E-state index in [1.54, 1.807) is 0 Å². The van der Waals surface area contributed by atoms with Crippen LogP contribution in [-0.4, -0.2) is 27.3 Å². The fraction of sp³-hybridized carbons (Fsp3) is 0. The van der Waals surface area contributed by atoms with Crippen molar-refractivity contribution in [3.05, 3.63) is 0 Å². The number of hydrogen-bond donors (Lipinski definition) is 0. The van der Waals surface area contributed by atoms with Gasteiger partial charge in [-0.05, 0) is 0 Å². The van der Waals surface area contributed by atoms with Crippen molar-refractivity contribution >= 4 is 27.3 Å². The summed E-state index contributed by atoms with van der Waals surface area (Å²) in [5.41, 5.74) is 0. The quantitative estimate of drug-likeness (QED) is 0.326. The van der Waals surface area contributed by atoms with Crippen molar-refractivity contribution in [2.45, 2.75) is 0 Å². The molecule has 0 aliphatic heterocycles. The van der Waals surface area contributed by atoms with Gasteiger partial charge in [-0.3, -0.25) is 0 Å². The molecule has 0 aromatic rings. The first-order chi connectivity index (χ1) is 0. The zero-order valence-electron chi connectivity index (χ0n) is 1.71. The van der Waals surface area contributed by atoms with Crippen LogP contribution in [0, 0.1) is 0 Å². The van der Waals surface area contributed by atoms with Crippen molar-refractivity contribution in [2.24, 2.45) is 0 Å². The minimum atomic E-state index is 0. The van der Waals surface area contributed by atoms with Gasteiger partial charge in [0.1, 0.15) is 0 Å². The Hall–Kier alpha value is 2.36. The molecule has 4 heteroatoms. The summed E-state index contributed by atoms with van der Waals surface area (Å²) < 4.78 is 0. The fourth-order valence-electron chi connectivity index (χ4n) is 0. The summed E-state index contributed by atoms with van der Waals surface area (Å²) in [5.74, 6) is 0. The molecule has 0 heterocycles. The predicted molar refractivity (Wildman–Crippen MR) is 5.75 cm³/mol. The summed E-state index contributed by atoms with van der Waals surface area (Å²) in [6.07, 6.45) is 0. The van der Waals surface area contributed by atoms with Crippen LogP contribution in [0.4, 0.5) is 0 Å². The Morgan fingerprint density at radius 2 is 0.500 bits per heavy atom. The third-order valence-corrected chi connectivity index (χ3v) is 0. The van der Waals surface area contributed by atoms with Gasteiger partial charge in [-0.1, -0.05) is 0 Å². The van der Waals surface area contributed by atoms with E-state index in [0.717, 1.165) is 0 Å². The van der Waals surface area contributed by atoms with Gasteiger partial charge in [0.15, 0.2) is 0 Å². The standard InChI is InChI=1S/3BrH.Tl/h3*1H;/q;;;+3/p-3. The third kappa shape index (κ3) is 8.84. The minimum absolute atomic E-state index is 0. The average molecular weight is 444 g/mol. The molecule has 0 spiro atoms. The van der Waals surface area contributed by atoms with Crippen LogP contribution in [0.25, 0.3) is 0 Å². The minimum Gasteiger partial charge on any atom is -1.00 e. The van der Waals surface area contributed by atoms with E-state index in [1.807, 2.05) is 0 Å². The molecule has 4 heavy (non-hydrogen) atoms. The van der Waals surface area contributed by atoms with E-state index in [1.165, 1.54) is 0 Å². The molecule has 0 aromatic heterocycles. The van der Waals surface area contributed by atoms with E-state index < -0.39 is 0 Å². The zero-order valence-corrected chi connectivity index (χ0v) is 11.0. The Morgan fingerprint density at radius 3 is 0.500 bits per heavy atom. The molecule has 0 saturated heterocycles. The molecule has 0 rings (SSSR count). The Bertz CT molecular complexity index is 3.25. The number of hydrogen-bond acceptors (Lipinski definition) is 0. The molecule has 0 aliphatic rings. The molecule has 0 atom stereocenters. The van der Waals surface area contributed by atoms with Crippen LogP contribution in [0.2, 0.25) is 0 Å². The van der Waals surface area contributed by atoms with Crippen LogP contribution in [0.15, 0.2) is 0 Å². The van der Waals surface area contributed by atoms with Crippen molar-refractivity contribution in [3.8, 4) is 0 Å². The van der Waals surface area contributed by atoms with Gasteiger partial charge in [0.25, 0.3) is 0 Å². The van der Waals surface area contributed by atoms with Gasteiger partial charge in [0.05, 0.1) is 0 Å². The first-order valence-corrected chi connectivity index (χ1v) is 0. The van der Waals surface area contributed by atoms with Crippen LogP contribution in [0.3, 0.4) is 0 Å². The smallest absolute Gasteiger partial charge is 1.00 e. The van der Waals surface area contributed by atoms with Crippen molar-refractivity contribution in [2.75, 3.05) is 0 Å². The molecule has 0 fully saturated rings. The fourth-order valence-corrected chi connectivity index (χ4v) is 0. The molecule has 0 N–H and O–H groups in total. The number of halogens is 3. The number of rotatable bonds is 0. The Kier molecular flexibility index (Phi) is 150. The molecular formula is Br3Tl. The molecule has 0 unspecified atom stereocenters. The van der Waals surface area contributed by atoms with E-state index in [4.69, 9.17) is 0 Å². The molecular weight excluding hydrogens is 444 g/mol. The Balaban J connectivity index is 0.